The Hall–Kier alpha value is -2.84. The molecule has 0 heterocycles. The third-order valence-corrected chi connectivity index (χ3v) is 3.01. The van der Waals surface area contributed by atoms with Crippen molar-refractivity contribution < 1.29 is 4.79 Å². The second-order valence-electron chi connectivity index (χ2n) is 4.48. The number of hydrogen-bond donors (Lipinski definition) is 0. The van der Waals surface area contributed by atoms with Gasteiger partial charge in [-0.15, -0.1) is 0 Å². The number of rotatable bonds is 6. The number of hydrogen-bond acceptors (Lipinski definition) is 2. The van der Waals surface area contributed by atoms with Crippen LogP contribution in [0.4, 0.5) is 0 Å². The van der Waals surface area contributed by atoms with E-state index in [-0.39, 0.29) is 12.3 Å². The summed E-state index contributed by atoms with van der Waals surface area (Å²) in [5, 5.41) is 3.52. The average Bonchev–Trinajstić information content (AvgIpc) is 2.55. The molecule has 0 unspecified atom stereocenters. The van der Waals surface area contributed by atoms with Crippen molar-refractivity contribution in [2.75, 3.05) is 6.54 Å². The number of carbonyl (C=O) groups is 1. The van der Waals surface area contributed by atoms with Gasteiger partial charge in [-0.3, -0.25) is 4.79 Å². The highest BCUT2D eigenvalue weighted by atomic mass is 16.1. The molecular formula is C17H15N3O. The lowest BCUT2D eigenvalue weighted by Crippen LogP contribution is -2.04. The van der Waals surface area contributed by atoms with Crippen LogP contribution in [0.25, 0.3) is 16.5 Å². The molecule has 0 aromatic heterocycles. The van der Waals surface area contributed by atoms with Gasteiger partial charge in [0.05, 0.1) is 0 Å². The Balaban J connectivity index is 2.29. The van der Waals surface area contributed by atoms with E-state index in [1.807, 2.05) is 54.6 Å². The first-order valence-electron chi connectivity index (χ1n) is 6.67. The first-order chi connectivity index (χ1) is 10.3. The average molecular weight is 277 g/mol. The summed E-state index contributed by atoms with van der Waals surface area (Å²) >= 11 is 0. The van der Waals surface area contributed by atoms with Crippen molar-refractivity contribution in [3.05, 3.63) is 87.8 Å². The van der Waals surface area contributed by atoms with Crippen molar-refractivity contribution in [3.8, 4) is 0 Å². The molecule has 104 valence electrons. The van der Waals surface area contributed by atoms with Gasteiger partial charge in [-0.25, -0.2) is 0 Å². The smallest absolute Gasteiger partial charge is 0.189 e. The van der Waals surface area contributed by atoms with Crippen molar-refractivity contribution in [1.82, 2.24) is 0 Å². The fraction of sp³-hybridized carbons (Fsp3) is 0.118. The minimum atomic E-state index is -0.0346. The lowest BCUT2D eigenvalue weighted by molar-refractivity contribution is 0.103. The molecule has 0 aliphatic heterocycles. The van der Waals surface area contributed by atoms with Gasteiger partial charge in [-0.2, -0.15) is 0 Å². The van der Waals surface area contributed by atoms with E-state index in [4.69, 9.17) is 5.53 Å². The highest BCUT2D eigenvalue weighted by Gasteiger charge is 2.11. The molecule has 0 radical (unpaired) electrons. The maximum absolute atomic E-state index is 12.5. The molecule has 2 aromatic carbocycles. The quantitative estimate of drug-likeness (QED) is 0.249. The molecule has 0 fully saturated rings. The zero-order chi connectivity index (χ0) is 14.9. The van der Waals surface area contributed by atoms with Crippen LogP contribution < -0.4 is 0 Å². The second-order valence-corrected chi connectivity index (χ2v) is 4.48. The van der Waals surface area contributed by atoms with Crippen molar-refractivity contribution in [3.63, 3.8) is 0 Å². The molecule has 0 saturated heterocycles. The van der Waals surface area contributed by atoms with Gasteiger partial charge in [0.25, 0.3) is 0 Å². The van der Waals surface area contributed by atoms with Gasteiger partial charge >= 0.3 is 0 Å². The summed E-state index contributed by atoms with van der Waals surface area (Å²) in [6, 6.07) is 18.8. The summed E-state index contributed by atoms with van der Waals surface area (Å²) in [6.45, 7) is 0.272. The number of ketones is 1. The van der Waals surface area contributed by atoms with E-state index >= 15 is 0 Å². The molecule has 0 amide bonds. The molecule has 4 heteroatoms. The topological polar surface area (TPSA) is 65.8 Å². The molecule has 0 N–H and O–H groups in total. The van der Waals surface area contributed by atoms with Gasteiger partial charge < -0.3 is 0 Å². The molecule has 0 atom stereocenters. The van der Waals surface area contributed by atoms with Gasteiger partial charge in [0.1, 0.15) is 0 Å². The third kappa shape index (κ3) is 4.34. The molecule has 4 nitrogen and oxygen atoms in total. The van der Waals surface area contributed by atoms with Crippen LogP contribution in [0.1, 0.15) is 22.3 Å². The third-order valence-electron chi connectivity index (χ3n) is 3.01. The van der Waals surface area contributed by atoms with Crippen LogP contribution in [0.3, 0.4) is 0 Å². The summed E-state index contributed by atoms with van der Waals surface area (Å²) in [4.78, 5) is 15.3. The Morgan fingerprint density at radius 2 is 1.67 bits per heavy atom. The summed E-state index contributed by atoms with van der Waals surface area (Å²) in [5.74, 6) is -0.0346. The van der Waals surface area contributed by atoms with E-state index in [2.05, 4.69) is 10.0 Å². The standard InChI is InChI=1S/C17H15N3O/c18-20-19-12-11-16(13-14-7-3-1-4-8-14)17(21)15-9-5-2-6-10-15/h1-10,13H,11-12H2/b16-13-. The van der Waals surface area contributed by atoms with E-state index in [1.54, 1.807) is 12.1 Å². The van der Waals surface area contributed by atoms with Gasteiger partial charge in [0, 0.05) is 22.6 Å². The maximum Gasteiger partial charge on any atom is 0.189 e. The molecule has 0 aliphatic carbocycles. The van der Waals surface area contributed by atoms with E-state index in [0.29, 0.717) is 17.6 Å². The maximum atomic E-state index is 12.5. The highest BCUT2D eigenvalue weighted by Crippen LogP contribution is 2.16. The van der Waals surface area contributed by atoms with E-state index in [0.717, 1.165) is 5.56 Å². The van der Waals surface area contributed by atoms with Gasteiger partial charge in [0.2, 0.25) is 0 Å². The number of nitrogens with zero attached hydrogens (tertiary/aromatic N) is 3. The largest absolute Gasteiger partial charge is 0.289 e. The van der Waals surface area contributed by atoms with Gasteiger partial charge in [-0.1, -0.05) is 65.8 Å². The second kappa shape index (κ2) is 7.68. The molecule has 0 aliphatic rings. The zero-order valence-corrected chi connectivity index (χ0v) is 11.5. The van der Waals surface area contributed by atoms with Crippen LogP contribution in [0.5, 0.6) is 0 Å². The first kappa shape index (κ1) is 14.6. The minimum absolute atomic E-state index is 0.0346. The van der Waals surface area contributed by atoms with E-state index < -0.39 is 0 Å². The van der Waals surface area contributed by atoms with E-state index in [9.17, 15) is 4.79 Å². The first-order valence-corrected chi connectivity index (χ1v) is 6.67. The molecule has 2 aromatic rings. The molecule has 0 spiro atoms. The lowest BCUT2D eigenvalue weighted by Gasteiger charge is -2.06. The zero-order valence-electron chi connectivity index (χ0n) is 11.5. The SMILES string of the molecule is [N-]=[N+]=NCC/C(=C/c1ccccc1)C(=O)c1ccccc1. The fourth-order valence-electron chi connectivity index (χ4n) is 1.99. The predicted octanol–water partition coefficient (Wildman–Crippen LogP) is 4.65. The van der Waals surface area contributed by atoms with Crippen molar-refractivity contribution in [2.45, 2.75) is 6.42 Å². The lowest BCUT2D eigenvalue weighted by atomic mass is 9.98. The monoisotopic (exact) mass is 277 g/mol. The molecule has 2 rings (SSSR count). The Morgan fingerprint density at radius 3 is 2.29 bits per heavy atom. The predicted molar refractivity (Wildman–Crippen MR) is 83.8 cm³/mol. The van der Waals surface area contributed by atoms with Crippen LogP contribution in [-0.4, -0.2) is 12.3 Å². The van der Waals surface area contributed by atoms with E-state index in [1.165, 1.54) is 0 Å². The van der Waals surface area contributed by atoms with Crippen molar-refractivity contribution >= 4 is 11.9 Å². The summed E-state index contributed by atoms with van der Waals surface area (Å²) in [7, 11) is 0. The number of benzene rings is 2. The van der Waals surface area contributed by atoms with Crippen molar-refractivity contribution in [2.24, 2.45) is 5.11 Å². The summed E-state index contributed by atoms with van der Waals surface area (Å²) in [6.07, 6.45) is 2.27. The Kier molecular flexibility index (Phi) is 5.33. The van der Waals surface area contributed by atoms with Gasteiger partial charge in [-0.05, 0) is 23.6 Å². The molecular weight excluding hydrogens is 262 g/mol. The Morgan fingerprint density at radius 1 is 1.05 bits per heavy atom. The van der Waals surface area contributed by atoms with Gasteiger partial charge in [0.15, 0.2) is 5.78 Å². The molecule has 0 saturated carbocycles. The van der Waals surface area contributed by atoms with Crippen LogP contribution in [0.2, 0.25) is 0 Å². The Labute approximate surface area is 123 Å². The number of Topliss-reactive ketones (excluding diaryl/α,β-unsaturated/α-hetero) is 1. The summed E-state index contributed by atoms with van der Waals surface area (Å²) in [5.41, 5.74) is 10.6. The van der Waals surface area contributed by atoms with Crippen LogP contribution in [0.15, 0.2) is 71.4 Å². The van der Waals surface area contributed by atoms with Crippen LogP contribution in [0, 0.1) is 0 Å². The molecule has 21 heavy (non-hydrogen) atoms. The Bertz CT molecular complexity index is 672. The number of carbonyl (C=O) groups excluding carboxylic acids is 1. The number of azide groups is 1. The molecule has 0 bridgehead atoms. The van der Waals surface area contributed by atoms with Crippen LogP contribution in [-0.2, 0) is 0 Å². The highest BCUT2D eigenvalue weighted by molar-refractivity contribution is 6.11. The fourth-order valence-corrected chi connectivity index (χ4v) is 1.99. The normalized spacial score (nSPS) is 10.8. The summed E-state index contributed by atoms with van der Waals surface area (Å²) < 4.78 is 0. The van der Waals surface area contributed by atoms with Crippen molar-refractivity contribution in [1.29, 1.82) is 0 Å². The van der Waals surface area contributed by atoms with Crippen LogP contribution >= 0.6 is 0 Å². The minimum Gasteiger partial charge on any atom is -0.289 e.